The molecule has 0 radical (unpaired) electrons. The summed E-state index contributed by atoms with van der Waals surface area (Å²) in [6, 6.07) is 3.53. The van der Waals surface area contributed by atoms with E-state index in [0.717, 1.165) is 5.56 Å². The van der Waals surface area contributed by atoms with E-state index >= 15 is 0 Å². The molecule has 3 rings (SSSR count). The van der Waals surface area contributed by atoms with Crippen molar-refractivity contribution in [2.24, 2.45) is 0 Å². The molecule has 2 heterocycles. The van der Waals surface area contributed by atoms with Gasteiger partial charge in [-0.05, 0) is 37.6 Å². The van der Waals surface area contributed by atoms with E-state index < -0.39 is 11.2 Å². The standard InChI is InChI=1S/C13H13FO2/c1-12-6-7-13(2,16-12)10-8(12)4-5-9(15-3)11(10)14/h4-7H,1-3H3. The molecular weight excluding hydrogens is 207 g/mol. The van der Waals surface area contributed by atoms with Crippen molar-refractivity contribution in [3.8, 4) is 5.75 Å². The number of ether oxygens (including phenoxy) is 2. The van der Waals surface area contributed by atoms with Gasteiger partial charge in [-0.3, -0.25) is 0 Å². The van der Waals surface area contributed by atoms with Crippen LogP contribution in [0.1, 0.15) is 25.0 Å². The van der Waals surface area contributed by atoms with Gasteiger partial charge in [0.2, 0.25) is 0 Å². The molecule has 2 unspecified atom stereocenters. The van der Waals surface area contributed by atoms with Gasteiger partial charge in [0.15, 0.2) is 11.6 Å². The zero-order chi connectivity index (χ0) is 11.6. The molecular formula is C13H13FO2. The number of benzene rings is 1. The second-order valence-corrected chi connectivity index (χ2v) is 4.65. The van der Waals surface area contributed by atoms with E-state index in [1.165, 1.54) is 7.11 Å². The molecule has 0 aliphatic carbocycles. The van der Waals surface area contributed by atoms with Crippen LogP contribution in [0.2, 0.25) is 0 Å². The van der Waals surface area contributed by atoms with Gasteiger partial charge in [-0.25, -0.2) is 4.39 Å². The summed E-state index contributed by atoms with van der Waals surface area (Å²) in [6.45, 7) is 3.83. The lowest BCUT2D eigenvalue weighted by molar-refractivity contribution is -0.0504. The van der Waals surface area contributed by atoms with E-state index in [4.69, 9.17) is 9.47 Å². The summed E-state index contributed by atoms with van der Waals surface area (Å²) in [6.07, 6.45) is 3.90. The predicted octanol–water partition coefficient (Wildman–Crippen LogP) is 2.86. The highest BCUT2D eigenvalue weighted by molar-refractivity contribution is 5.53. The Balaban J connectivity index is 2.32. The van der Waals surface area contributed by atoms with E-state index in [-0.39, 0.29) is 11.6 Å². The molecule has 1 aromatic rings. The van der Waals surface area contributed by atoms with Crippen LogP contribution in [0.4, 0.5) is 4.39 Å². The number of rotatable bonds is 1. The Morgan fingerprint density at radius 3 is 2.56 bits per heavy atom. The third kappa shape index (κ3) is 0.944. The zero-order valence-electron chi connectivity index (χ0n) is 9.50. The molecule has 2 atom stereocenters. The molecule has 2 aliphatic heterocycles. The molecule has 0 fully saturated rings. The average Bonchev–Trinajstić information content (AvgIpc) is 2.66. The van der Waals surface area contributed by atoms with Crippen molar-refractivity contribution in [1.82, 2.24) is 0 Å². The second kappa shape index (κ2) is 2.66. The van der Waals surface area contributed by atoms with Crippen LogP contribution in [0.25, 0.3) is 0 Å². The van der Waals surface area contributed by atoms with Crippen molar-refractivity contribution < 1.29 is 13.9 Å². The van der Waals surface area contributed by atoms with Gasteiger partial charge in [0.05, 0.1) is 7.11 Å². The lowest BCUT2D eigenvalue weighted by atomic mass is 9.83. The van der Waals surface area contributed by atoms with Gasteiger partial charge in [-0.15, -0.1) is 0 Å². The second-order valence-electron chi connectivity index (χ2n) is 4.65. The summed E-state index contributed by atoms with van der Waals surface area (Å²) >= 11 is 0. The normalized spacial score (nSPS) is 34.2. The third-order valence-electron chi connectivity index (χ3n) is 3.50. The minimum atomic E-state index is -0.650. The number of methoxy groups -OCH3 is 1. The maximum atomic E-state index is 14.2. The van der Waals surface area contributed by atoms with Crippen LogP contribution in [0, 0.1) is 5.82 Å². The van der Waals surface area contributed by atoms with Crippen LogP contribution in [0.3, 0.4) is 0 Å². The molecule has 2 nitrogen and oxygen atoms in total. The summed E-state index contributed by atoms with van der Waals surface area (Å²) in [5.74, 6) is -0.0382. The van der Waals surface area contributed by atoms with Crippen molar-refractivity contribution in [3.05, 3.63) is 41.2 Å². The van der Waals surface area contributed by atoms with Gasteiger partial charge in [-0.1, -0.05) is 6.07 Å². The predicted molar refractivity (Wildman–Crippen MR) is 57.9 cm³/mol. The van der Waals surface area contributed by atoms with Gasteiger partial charge < -0.3 is 9.47 Å². The van der Waals surface area contributed by atoms with Crippen LogP contribution in [0.5, 0.6) is 5.75 Å². The van der Waals surface area contributed by atoms with Gasteiger partial charge in [0, 0.05) is 5.56 Å². The summed E-state index contributed by atoms with van der Waals surface area (Å²) in [7, 11) is 1.47. The van der Waals surface area contributed by atoms with Gasteiger partial charge in [0.25, 0.3) is 0 Å². The highest BCUT2D eigenvalue weighted by atomic mass is 19.1. The molecule has 1 aromatic carbocycles. The van der Waals surface area contributed by atoms with Crippen LogP contribution in [0.15, 0.2) is 24.3 Å². The lowest BCUT2D eigenvalue weighted by Gasteiger charge is -2.19. The monoisotopic (exact) mass is 220 g/mol. The Bertz CT molecular complexity index is 509. The topological polar surface area (TPSA) is 18.5 Å². The molecule has 2 aliphatic rings. The van der Waals surface area contributed by atoms with Crippen molar-refractivity contribution in [3.63, 3.8) is 0 Å². The zero-order valence-corrected chi connectivity index (χ0v) is 9.50. The molecule has 0 spiro atoms. The highest BCUT2D eigenvalue weighted by Crippen LogP contribution is 2.55. The summed E-state index contributed by atoms with van der Waals surface area (Å²) in [5.41, 5.74) is 0.368. The minimum Gasteiger partial charge on any atom is -0.494 e. The van der Waals surface area contributed by atoms with Crippen LogP contribution >= 0.6 is 0 Å². The Morgan fingerprint density at radius 2 is 1.88 bits per heavy atom. The number of halogens is 1. The van der Waals surface area contributed by atoms with Gasteiger partial charge in [0.1, 0.15) is 11.2 Å². The van der Waals surface area contributed by atoms with Crippen molar-refractivity contribution in [2.75, 3.05) is 7.11 Å². The average molecular weight is 220 g/mol. The van der Waals surface area contributed by atoms with Crippen molar-refractivity contribution in [2.45, 2.75) is 25.0 Å². The van der Waals surface area contributed by atoms with E-state index in [2.05, 4.69) is 0 Å². The lowest BCUT2D eigenvalue weighted by Crippen LogP contribution is -2.18. The maximum Gasteiger partial charge on any atom is 0.171 e. The largest absolute Gasteiger partial charge is 0.494 e. The Labute approximate surface area is 93.7 Å². The first-order valence-electron chi connectivity index (χ1n) is 5.28. The molecule has 0 aromatic heterocycles. The highest BCUT2D eigenvalue weighted by Gasteiger charge is 2.52. The fourth-order valence-corrected chi connectivity index (χ4v) is 2.72. The third-order valence-corrected chi connectivity index (χ3v) is 3.50. The van der Waals surface area contributed by atoms with Crippen LogP contribution in [-0.4, -0.2) is 7.11 Å². The SMILES string of the molecule is COc1ccc2c(c1F)C1(C)C=CC2(C)O1. The minimum absolute atomic E-state index is 0.271. The molecule has 0 amide bonds. The molecule has 0 saturated carbocycles. The maximum absolute atomic E-state index is 14.2. The first-order valence-corrected chi connectivity index (χ1v) is 5.28. The Kier molecular flexibility index (Phi) is 1.64. The first-order chi connectivity index (χ1) is 7.50. The van der Waals surface area contributed by atoms with Gasteiger partial charge in [-0.2, -0.15) is 0 Å². The fraction of sp³-hybridized carbons (Fsp3) is 0.385. The molecule has 2 bridgehead atoms. The van der Waals surface area contributed by atoms with Crippen LogP contribution < -0.4 is 4.74 Å². The van der Waals surface area contributed by atoms with Crippen LogP contribution in [-0.2, 0) is 15.9 Å². The summed E-state index contributed by atoms with van der Waals surface area (Å²) < 4.78 is 25.1. The quantitative estimate of drug-likeness (QED) is 0.677. The first kappa shape index (κ1) is 9.85. The molecule has 84 valence electrons. The van der Waals surface area contributed by atoms with E-state index in [0.29, 0.717) is 5.56 Å². The Morgan fingerprint density at radius 1 is 1.19 bits per heavy atom. The molecule has 0 saturated heterocycles. The molecule has 0 N–H and O–H groups in total. The number of hydrogen-bond donors (Lipinski definition) is 0. The van der Waals surface area contributed by atoms with E-state index in [9.17, 15) is 4.39 Å². The van der Waals surface area contributed by atoms with Crippen molar-refractivity contribution in [1.29, 1.82) is 0 Å². The molecule has 3 heteroatoms. The van der Waals surface area contributed by atoms with E-state index in [1.54, 1.807) is 6.07 Å². The van der Waals surface area contributed by atoms with Crippen molar-refractivity contribution >= 4 is 0 Å². The molecule has 16 heavy (non-hydrogen) atoms. The summed E-state index contributed by atoms with van der Waals surface area (Å²) in [4.78, 5) is 0. The van der Waals surface area contributed by atoms with E-state index in [1.807, 2.05) is 32.1 Å². The fourth-order valence-electron chi connectivity index (χ4n) is 2.72. The summed E-state index contributed by atoms with van der Waals surface area (Å²) in [5, 5.41) is 0. The number of hydrogen-bond acceptors (Lipinski definition) is 2. The van der Waals surface area contributed by atoms with Gasteiger partial charge >= 0.3 is 0 Å². The Hall–Kier alpha value is -1.35. The number of fused-ring (bicyclic) bond motifs is 5. The smallest absolute Gasteiger partial charge is 0.171 e.